The predicted octanol–water partition coefficient (Wildman–Crippen LogP) is 5.68. The Labute approximate surface area is 365 Å². The van der Waals surface area contributed by atoms with Gasteiger partial charge in [0, 0.05) is 6.54 Å². The molecular weight excluding hydrogens is 839 g/mol. The molecule has 6 atom stereocenters. The monoisotopic (exact) mass is 896 g/mol. The first-order valence-corrected chi connectivity index (χ1v) is 22.3. The summed E-state index contributed by atoms with van der Waals surface area (Å²) in [5, 5.41) is 7.67. The molecule has 63 heavy (non-hydrogen) atoms. The zero-order valence-electron chi connectivity index (χ0n) is 36.1. The average molecular weight is 897 g/mol. The van der Waals surface area contributed by atoms with E-state index in [1.54, 1.807) is 39.2 Å². The van der Waals surface area contributed by atoms with E-state index in [9.17, 15) is 18.9 Å². The van der Waals surface area contributed by atoms with Gasteiger partial charge in [0.25, 0.3) is 5.91 Å². The lowest BCUT2D eigenvalue weighted by molar-refractivity contribution is -0.199. The van der Waals surface area contributed by atoms with E-state index in [0.29, 0.717) is 43.4 Å². The van der Waals surface area contributed by atoms with Crippen LogP contribution in [-0.4, -0.2) is 99.7 Å². The van der Waals surface area contributed by atoms with Crippen molar-refractivity contribution in [3.05, 3.63) is 84.4 Å². The standard InChI is InChI=1S/C42H57N8O12P/c1-41(2,3)62-40(53)48-30(24-55-22-28-16-10-8-11-17-28)37(51)49-63(54,57-21-15-7-6-14-20-44-39(52)56-23-29-18-12-9-13-19-29)58-25-31-33-34(61-42(4,5)60-33)38(59-31)50-27-47-32-35(43)45-26-46-36(32)50/h8-13,16-19,26-27,30-31,33-34,38H,6-7,14-15,20-25H2,1-5H3,(H,44,52)(H,48,53)(H2,43,45,46)(H,49,51,54)/t30-,31+,33+,34+,38+,63?/m0/s1. The number of rotatable bonds is 21. The number of nitrogens with two attached hydrogens (primary N) is 1. The number of hydrogen-bond acceptors (Lipinski definition) is 16. The molecule has 2 aliphatic rings. The number of aromatic nitrogens is 4. The summed E-state index contributed by atoms with van der Waals surface area (Å²) in [5.74, 6) is -1.74. The fourth-order valence-electron chi connectivity index (χ4n) is 6.79. The molecule has 0 aliphatic carbocycles. The van der Waals surface area contributed by atoms with Gasteiger partial charge in [-0.2, -0.15) is 0 Å². The van der Waals surface area contributed by atoms with E-state index in [1.165, 1.54) is 12.7 Å². The predicted molar refractivity (Wildman–Crippen MR) is 227 cm³/mol. The minimum atomic E-state index is -4.51. The molecule has 20 nitrogen and oxygen atoms in total. The maximum atomic E-state index is 14.6. The zero-order chi connectivity index (χ0) is 45.0. The van der Waals surface area contributed by atoms with Crippen molar-refractivity contribution in [2.45, 2.75) is 115 Å². The number of nitrogens with zero attached hydrogens (tertiary/aromatic N) is 4. The van der Waals surface area contributed by atoms with Crippen LogP contribution in [0.2, 0.25) is 0 Å². The molecule has 0 radical (unpaired) electrons. The van der Waals surface area contributed by atoms with Crippen LogP contribution >= 0.6 is 7.75 Å². The first kappa shape index (κ1) is 47.3. The average Bonchev–Trinajstić information content (AvgIpc) is 3.91. The van der Waals surface area contributed by atoms with E-state index in [4.69, 9.17) is 43.2 Å². The van der Waals surface area contributed by atoms with Gasteiger partial charge in [-0.3, -0.25) is 23.5 Å². The minimum absolute atomic E-state index is 0.0756. The van der Waals surface area contributed by atoms with Crippen LogP contribution in [0.4, 0.5) is 15.4 Å². The van der Waals surface area contributed by atoms with Crippen molar-refractivity contribution in [2.24, 2.45) is 0 Å². The number of benzene rings is 2. The Morgan fingerprint density at radius 3 is 2.29 bits per heavy atom. The normalized spacial score (nSPS) is 20.7. The Morgan fingerprint density at radius 1 is 0.889 bits per heavy atom. The number of carbonyl (C=O) groups is 3. The number of nitrogens with one attached hydrogen (secondary N) is 3. The van der Waals surface area contributed by atoms with Gasteiger partial charge in [-0.25, -0.2) is 29.1 Å². The van der Waals surface area contributed by atoms with Gasteiger partial charge in [0.05, 0.1) is 32.8 Å². The fraction of sp³-hybridized carbons (Fsp3) is 0.524. The van der Waals surface area contributed by atoms with Crippen molar-refractivity contribution < 1.29 is 56.4 Å². The highest BCUT2D eigenvalue weighted by Gasteiger charge is 2.56. The zero-order valence-corrected chi connectivity index (χ0v) is 37.0. The summed E-state index contributed by atoms with van der Waals surface area (Å²) in [6, 6.07) is 17.3. The fourth-order valence-corrected chi connectivity index (χ4v) is 8.13. The number of anilines is 1. The summed E-state index contributed by atoms with van der Waals surface area (Å²) in [5.41, 5.74) is 7.66. The van der Waals surface area contributed by atoms with E-state index >= 15 is 0 Å². The summed E-state index contributed by atoms with van der Waals surface area (Å²) in [6.45, 7) is 8.49. The molecule has 2 saturated heterocycles. The lowest BCUT2D eigenvalue weighted by Crippen LogP contribution is -2.50. The van der Waals surface area contributed by atoms with Crippen LogP contribution in [0.5, 0.6) is 0 Å². The number of imidazole rings is 1. The molecule has 342 valence electrons. The van der Waals surface area contributed by atoms with Crippen LogP contribution in [0, 0.1) is 0 Å². The van der Waals surface area contributed by atoms with Gasteiger partial charge >= 0.3 is 19.9 Å². The molecule has 2 aliphatic heterocycles. The Kier molecular flexibility index (Phi) is 16.1. The second-order valence-electron chi connectivity index (χ2n) is 16.4. The van der Waals surface area contributed by atoms with Gasteiger partial charge < -0.3 is 44.8 Å². The van der Waals surface area contributed by atoms with Crippen LogP contribution in [0.1, 0.15) is 77.7 Å². The Balaban J connectivity index is 1.10. The highest BCUT2D eigenvalue weighted by molar-refractivity contribution is 7.52. The molecule has 1 unspecified atom stereocenters. The molecule has 2 aromatic carbocycles. The quantitative estimate of drug-likeness (QED) is 0.0580. The highest BCUT2D eigenvalue weighted by Crippen LogP contribution is 2.48. The van der Waals surface area contributed by atoms with Gasteiger partial charge in [0.2, 0.25) is 0 Å². The Bertz CT molecular complexity index is 2170. The third-order valence-corrected chi connectivity index (χ3v) is 11.2. The Morgan fingerprint density at radius 2 is 1.57 bits per heavy atom. The lowest BCUT2D eigenvalue weighted by Gasteiger charge is -2.27. The van der Waals surface area contributed by atoms with E-state index < -0.39 is 67.8 Å². The number of nitrogen functional groups attached to an aromatic ring is 1. The second kappa shape index (κ2) is 21.4. The van der Waals surface area contributed by atoms with Gasteiger partial charge in [-0.05, 0) is 58.6 Å². The van der Waals surface area contributed by atoms with E-state index in [-0.39, 0.29) is 38.9 Å². The van der Waals surface area contributed by atoms with Crippen molar-refractivity contribution in [1.82, 2.24) is 35.2 Å². The number of ether oxygens (including phenoxy) is 6. The van der Waals surface area contributed by atoms with Gasteiger partial charge in [-0.1, -0.05) is 73.5 Å². The summed E-state index contributed by atoms with van der Waals surface area (Å²) >= 11 is 0. The number of amides is 3. The van der Waals surface area contributed by atoms with Gasteiger partial charge in [0.1, 0.15) is 48.4 Å². The third-order valence-electron chi connectivity index (χ3n) is 9.66. The number of unbranched alkanes of at least 4 members (excludes halogenated alkanes) is 3. The van der Waals surface area contributed by atoms with E-state index in [2.05, 4.69) is 30.7 Å². The van der Waals surface area contributed by atoms with Crippen LogP contribution < -0.4 is 21.5 Å². The van der Waals surface area contributed by atoms with Crippen molar-refractivity contribution in [2.75, 3.05) is 32.1 Å². The summed E-state index contributed by atoms with van der Waals surface area (Å²) in [7, 11) is -4.51. The van der Waals surface area contributed by atoms with Crippen LogP contribution in [0.15, 0.2) is 73.3 Å². The molecule has 0 saturated carbocycles. The molecule has 2 fully saturated rings. The van der Waals surface area contributed by atoms with Crippen molar-refractivity contribution in [1.29, 1.82) is 0 Å². The smallest absolute Gasteiger partial charge is 0.435 e. The Hall–Kier alpha value is -5.21. The molecule has 6 rings (SSSR count). The molecular formula is C42H57N8O12P. The molecule has 4 aromatic rings. The number of hydrogen-bond donors (Lipinski definition) is 4. The third kappa shape index (κ3) is 13.9. The first-order chi connectivity index (χ1) is 30.1. The summed E-state index contributed by atoms with van der Waals surface area (Å²) < 4.78 is 63.5. The molecule has 2 aromatic heterocycles. The number of carbonyl (C=O) groups excluding carboxylic acids is 3. The first-order valence-electron chi connectivity index (χ1n) is 20.8. The van der Waals surface area contributed by atoms with Crippen molar-refractivity contribution >= 4 is 42.8 Å². The second-order valence-corrected chi connectivity index (χ2v) is 18.2. The van der Waals surface area contributed by atoms with E-state index in [0.717, 1.165) is 11.1 Å². The van der Waals surface area contributed by atoms with Gasteiger partial charge in [-0.15, -0.1) is 0 Å². The van der Waals surface area contributed by atoms with Gasteiger partial charge in [0.15, 0.2) is 23.5 Å². The molecule has 4 heterocycles. The van der Waals surface area contributed by atoms with Crippen LogP contribution in [0.25, 0.3) is 11.2 Å². The van der Waals surface area contributed by atoms with Crippen LogP contribution in [-0.2, 0) is 60.0 Å². The molecule has 0 bridgehead atoms. The summed E-state index contributed by atoms with van der Waals surface area (Å²) in [6.07, 6.45) is 0.734. The van der Waals surface area contributed by atoms with Crippen LogP contribution in [0.3, 0.4) is 0 Å². The largest absolute Gasteiger partial charge is 0.445 e. The molecule has 3 amide bonds. The topological polar surface area (TPSA) is 248 Å². The number of fused-ring (bicyclic) bond motifs is 2. The molecule has 5 N–H and O–H groups in total. The number of alkyl carbamates (subject to hydrolysis) is 2. The molecule has 21 heteroatoms. The summed E-state index contributed by atoms with van der Waals surface area (Å²) in [4.78, 5) is 51.7. The maximum absolute atomic E-state index is 14.6. The SMILES string of the molecule is CC(C)(C)OC(=O)N[C@@H](COCc1ccccc1)C(=O)NP(=O)(OCCCCCCNC(=O)OCc1ccccc1)OC[C@H]1O[C@@H](n2cnc3c(N)ncnc32)[C@@H]2OC(C)(C)O[C@@H]21. The lowest BCUT2D eigenvalue weighted by atomic mass is 10.1. The molecule has 0 spiro atoms. The van der Waals surface area contributed by atoms with Crippen molar-refractivity contribution in [3.63, 3.8) is 0 Å². The minimum Gasteiger partial charge on any atom is -0.445 e. The highest BCUT2D eigenvalue weighted by atomic mass is 31.2. The van der Waals surface area contributed by atoms with Crippen molar-refractivity contribution in [3.8, 4) is 0 Å². The van der Waals surface area contributed by atoms with E-state index in [1.807, 2.05) is 60.7 Å². The maximum Gasteiger partial charge on any atom is 0.435 e.